The lowest BCUT2D eigenvalue weighted by molar-refractivity contribution is 0.669. The topological polar surface area (TPSA) is 16.4 Å². The predicted molar refractivity (Wildman–Crippen MR) is 184 cm³/mol. The molecular formula is C40H25NOS. The van der Waals surface area contributed by atoms with Crippen LogP contribution in [-0.4, -0.2) is 0 Å². The Bertz CT molecular complexity index is 2470. The predicted octanol–water partition coefficient (Wildman–Crippen LogP) is 12.2. The Balaban J connectivity index is 1.29. The van der Waals surface area contributed by atoms with Crippen LogP contribution in [-0.2, 0) is 0 Å². The maximum Gasteiger partial charge on any atom is 0.137 e. The van der Waals surface area contributed by atoms with Gasteiger partial charge in [0.05, 0.1) is 11.1 Å². The minimum Gasteiger partial charge on any atom is -0.456 e. The molecule has 0 saturated carbocycles. The molecule has 202 valence electrons. The molecule has 0 saturated heterocycles. The summed E-state index contributed by atoms with van der Waals surface area (Å²) in [5, 5.41) is 7.23. The molecule has 0 radical (unpaired) electrons. The van der Waals surface area contributed by atoms with Crippen LogP contribution in [0.15, 0.2) is 156 Å². The van der Waals surface area contributed by atoms with Crippen molar-refractivity contribution in [2.45, 2.75) is 0 Å². The molecule has 2 nitrogen and oxygen atoms in total. The number of para-hydroxylation sites is 1. The van der Waals surface area contributed by atoms with Crippen molar-refractivity contribution in [2.75, 3.05) is 4.90 Å². The molecule has 9 aromatic rings. The molecule has 2 heterocycles. The van der Waals surface area contributed by atoms with Crippen LogP contribution in [0.5, 0.6) is 0 Å². The van der Waals surface area contributed by atoms with Gasteiger partial charge in [0.25, 0.3) is 0 Å². The number of fused-ring (bicyclic) bond motifs is 7. The number of hydrogen-bond acceptors (Lipinski definition) is 3. The van der Waals surface area contributed by atoms with E-state index in [1.807, 2.05) is 23.5 Å². The average molecular weight is 568 g/mol. The molecule has 2 aromatic heterocycles. The second-order valence-corrected chi connectivity index (χ2v) is 12.1. The SMILES string of the molecule is c1ccc(-c2ccc3cc(N(c4ccc5sc6ccccc6c5c4)c4cccc5oc6ccccc6c45)ccc3c2)cc1. The van der Waals surface area contributed by atoms with E-state index in [0.29, 0.717) is 0 Å². The van der Waals surface area contributed by atoms with Crippen molar-refractivity contribution in [3.8, 4) is 11.1 Å². The maximum atomic E-state index is 6.33. The lowest BCUT2D eigenvalue weighted by atomic mass is 10.0. The first-order valence-electron chi connectivity index (χ1n) is 14.5. The van der Waals surface area contributed by atoms with Crippen molar-refractivity contribution >= 4 is 81.3 Å². The molecule has 0 amide bonds. The third-order valence-electron chi connectivity index (χ3n) is 8.43. The van der Waals surface area contributed by atoms with Crippen molar-refractivity contribution in [3.63, 3.8) is 0 Å². The molecule has 0 aliphatic carbocycles. The van der Waals surface area contributed by atoms with E-state index >= 15 is 0 Å². The maximum absolute atomic E-state index is 6.33. The van der Waals surface area contributed by atoms with Crippen LogP contribution >= 0.6 is 11.3 Å². The number of benzene rings is 7. The lowest BCUT2D eigenvalue weighted by Crippen LogP contribution is -2.10. The number of rotatable bonds is 4. The Hall–Kier alpha value is -5.38. The van der Waals surface area contributed by atoms with Gasteiger partial charge in [0.1, 0.15) is 11.2 Å². The standard InChI is InChI=1S/C40H25NOS/c1-2-9-26(10-3-1)27-17-18-29-24-30(20-19-28(29)23-27)41(31-21-22-39-34(25-31)32-11-5-7-16-38(32)43-39)35-13-8-15-37-40(35)33-12-4-6-14-36(33)42-37/h1-25H. The number of hydrogen-bond donors (Lipinski definition) is 0. The Morgan fingerprint density at radius 2 is 1.14 bits per heavy atom. The van der Waals surface area contributed by atoms with Gasteiger partial charge >= 0.3 is 0 Å². The third-order valence-corrected chi connectivity index (χ3v) is 9.58. The van der Waals surface area contributed by atoms with Crippen molar-refractivity contribution < 1.29 is 4.42 Å². The Morgan fingerprint density at radius 1 is 0.442 bits per heavy atom. The zero-order valence-corrected chi connectivity index (χ0v) is 24.0. The van der Waals surface area contributed by atoms with Gasteiger partial charge in [-0.25, -0.2) is 0 Å². The molecule has 7 aromatic carbocycles. The quantitative estimate of drug-likeness (QED) is 0.210. The van der Waals surface area contributed by atoms with Gasteiger partial charge in [0.15, 0.2) is 0 Å². The molecule has 0 fully saturated rings. The zero-order valence-electron chi connectivity index (χ0n) is 23.2. The number of furan rings is 1. The summed E-state index contributed by atoms with van der Waals surface area (Å²) >= 11 is 1.85. The minimum absolute atomic E-state index is 0.888. The van der Waals surface area contributed by atoms with Crippen LogP contribution in [0.3, 0.4) is 0 Å². The molecule has 9 rings (SSSR count). The van der Waals surface area contributed by atoms with Gasteiger partial charge in [-0.05, 0) is 82.6 Å². The number of anilines is 3. The van der Waals surface area contributed by atoms with E-state index in [4.69, 9.17) is 4.42 Å². The summed E-state index contributed by atoms with van der Waals surface area (Å²) in [6.45, 7) is 0. The van der Waals surface area contributed by atoms with Gasteiger partial charge in [-0.3, -0.25) is 0 Å². The minimum atomic E-state index is 0.888. The van der Waals surface area contributed by atoms with E-state index in [0.717, 1.165) is 39.0 Å². The smallest absolute Gasteiger partial charge is 0.137 e. The molecule has 0 unspecified atom stereocenters. The summed E-state index contributed by atoms with van der Waals surface area (Å²) in [6.07, 6.45) is 0. The molecule has 0 aliphatic heterocycles. The van der Waals surface area contributed by atoms with Crippen molar-refractivity contribution in [2.24, 2.45) is 0 Å². The highest BCUT2D eigenvalue weighted by atomic mass is 32.1. The normalized spacial score (nSPS) is 11.7. The summed E-state index contributed by atoms with van der Waals surface area (Å²) < 4.78 is 8.94. The zero-order chi connectivity index (χ0) is 28.3. The summed E-state index contributed by atoms with van der Waals surface area (Å²) in [5.74, 6) is 0. The summed E-state index contributed by atoms with van der Waals surface area (Å²) in [7, 11) is 0. The van der Waals surface area contributed by atoms with Crippen molar-refractivity contribution in [1.29, 1.82) is 0 Å². The lowest BCUT2D eigenvalue weighted by Gasteiger charge is -2.27. The first-order chi connectivity index (χ1) is 21.3. The fourth-order valence-corrected chi connectivity index (χ4v) is 7.49. The van der Waals surface area contributed by atoms with Gasteiger partial charge in [-0.2, -0.15) is 0 Å². The number of nitrogens with zero attached hydrogens (tertiary/aromatic N) is 1. The van der Waals surface area contributed by atoms with Crippen LogP contribution in [0, 0.1) is 0 Å². The van der Waals surface area contributed by atoms with Crippen LogP contribution in [0.2, 0.25) is 0 Å². The molecule has 0 N–H and O–H groups in total. The Kier molecular flexibility index (Phi) is 5.40. The Labute approximate surface area is 252 Å². The Morgan fingerprint density at radius 3 is 2.07 bits per heavy atom. The molecule has 0 bridgehead atoms. The molecule has 3 heteroatoms. The van der Waals surface area contributed by atoms with Gasteiger partial charge in [0.2, 0.25) is 0 Å². The first kappa shape index (κ1) is 24.2. The van der Waals surface area contributed by atoms with E-state index in [-0.39, 0.29) is 0 Å². The molecular weight excluding hydrogens is 543 g/mol. The van der Waals surface area contributed by atoms with Crippen LogP contribution in [0.1, 0.15) is 0 Å². The van der Waals surface area contributed by atoms with Gasteiger partial charge < -0.3 is 9.32 Å². The second-order valence-electron chi connectivity index (χ2n) is 11.0. The average Bonchev–Trinajstić information content (AvgIpc) is 3.64. The highest BCUT2D eigenvalue weighted by Crippen LogP contribution is 2.45. The third kappa shape index (κ3) is 3.93. The summed E-state index contributed by atoms with van der Waals surface area (Å²) in [6, 6.07) is 54.4. The van der Waals surface area contributed by atoms with Gasteiger partial charge in [0, 0.05) is 36.9 Å². The molecule has 43 heavy (non-hydrogen) atoms. The molecule has 0 aliphatic rings. The highest BCUT2D eigenvalue weighted by Gasteiger charge is 2.20. The van der Waals surface area contributed by atoms with Gasteiger partial charge in [-0.1, -0.05) is 91.0 Å². The van der Waals surface area contributed by atoms with Crippen molar-refractivity contribution in [1.82, 2.24) is 0 Å². The fraction of sp³-hybridized carbons (Fsp3) is 0. The van der Waals surface area contributed by atoms with Crippen LogP contribution < -0.4 is 4.90 Å². The summed E-state index contributed by atoms with van der Waals surface area (Å²) in [4.78, 5) is 2.39. The van der Waals surface area contributed by atoms with E-state index < -0.39 is 0 Å². The van der Waals surface area contributed by atoms with E-state index in [1.54, 1.807) is 0 Å². The van der Waals surface area contributed by atoms with E-state index in [2.05, 4.69) is 144 Å². The first-order valence-corrected chi connectivity index (χ1v) is 15.3. The number of thiophene rings is 1. The van der Waals surface area contributed by atoms with Crippen LogP contribution in [0.4, 0.5) is 17.1 Å². The highest BCUT2D eigenvalue weighted by molar-refractivity contribution is 7.25. The van der Waals surface area contributed by atoms with Gasteiger partial charge in [-0.15, -0.1) is 11.3 Å². The fourth-order valence-electron chi connectivity index (χ4n) is 6.41. The molecule has 0 spiro atoms. The van der Waals surface area contributed by atoms with E-state index in [1.165, 1.54) is 42.1 Å². The second kappa shape index (κ2) is 9.59. The van der Waals surface area contributed by atoms with Crippen molar-refractivity contribution in [3.05, 3.63) is 152 Å². The monoisotopic (exact) mass is 567 g/mol. The van der Waals surface area contributed by atoms with E-state index in [9.17, 15) is 0 Å². The summed E-state index contributed by atoms with van der Waals surface area (Å²) in [5.41, 5.74) is 7.56. The molecule has 0 atom stereocenters. The van der Waals surface area contributed by atoms with Crippen LogP contribution in [0.25, 0.3) is 64.0 Å². The largest absolute Gasteiger partial charge is 0.456 e.